The van der Waals surface area contributed by atoms with Crippen molar-refractivity contribution in [1.82, 2.24) is 9.78 Å². The lowest BCUT2D eigenvalue weighted by Gasteiger charge is -2.16. The summed E-state index contributed by atoms with van der Waals surface area (Å²) in [6, 6.07) is 7.33. The first-order chi connectivity index (χ1) is 12.8. The van der Waals surface area contributed by atoms with Gasteiger partial charge in [-0.2, -0.15) is 5.10 Å². The Balaban J connectivity index is 1.89. The molecule has 0 saturated heterocycles. The maximum Gasteiger partial charge on any atom is 0.344 e. The van der Waals surface area contributed by atoms with Crippen LogP contribution in [0.25, 0.3) is 0 Å². The van der Waals surface area contributed by atoms with E-state index < -0.39 is 29.5 Å². The molecule has 0 aliphatic heterocycles. The minimum atomic E-state index is -1.08. The summed E-state index contributed by atoms with van der Waals surface area (Å²) in [7, 11) is 0. The molecule has 0 radical (unpaired) electrons. The van der Waals surface area contributed by atoms with Gasteiger partial charge in [0.25, 0.3) is 5.91 Å². The summed E-state index contributed by atoms with van der Waals surface area (Å²) in [5.41, 5.74) is -0.266. The predicted molar refractivity (Wildman–Crippen MR) is 95.4 cm³/mol. The molecule has 0 aliphatic rings. The van der Waals surface area contributed by atoms with Gasteiger partial charge >= 0.3 is 11.7 Å². The van der Waals surface area contributed by atoms with Crippen molar-refractivity contribution < 1.29 is 24.0 Å². The molecule has 0 spiro atoms. The standard InChI is InChI=1S/C17H20N4O6/c1-11(2)20-15(8-9-18-20)19-17(23)12(3)27-16(22)10-26-14-7-5-4-6-13(14)21(24)25/h4-9,11-12H,10H2,1-3H3,(H,19,23)/t12-/m1/s1. The topological polar surface area (TPSA) is 126 Å². The van der Waals surface area contributed by atoms with E-state index in [2.05, 4.69) is 10.4 Å². The zero-order valence-corrected chi connectivity index (χ0v) is 15.1. The molecule has 1 heterocycles. The van der Waals surface area contributed by atoms with Crippen molar-refractivity contribution in [1.29, 1.82) is 0 Å². The Kier molecular flexibility index (Phi) is 6.47. The number of rotatable bonds is 8. The minimum absolute atomic E-state index is 0.0446. The Morgan fingerprint density at radius 1 is 1.26 bits per heavy atom. The largest absolute Gasteiger partial charge is 0.475 e. The molecule has 1 aromatic heterocycles. The number of nitro benzene ring substituents is 1. The van der Waals surface area contributed by atoms with Gasteiger partial charge in [-0.3, -0.25) is 14.9 Å². The van der Waals surface area contributed by atoms with Crippen LogP contribution in [-0.2, 0) is 14.3 Å². The van der Waals surface area contributed by atoms with Gasteiger partial charge in [0, 0.05) is 18.2 Å². The average Bonchev–Trinajstić information content (AvgIpc) is 3.08. The normalized spacial score (nSPS) is 11.7. The molecule has 0 bridgehead atoms. The van der Waals surface area contributed by atoms with Gasteiger partial charge in [-0.15, -0.1) is 0 Å². The summed E-state index contributed by atoms with van der Waals surface area (Å²) in [6.07, 6.45) is 0.467. The zero-order valence-electron chi connectivity index (χ0n) is 15.1. The number of hydrogen-bond acceptors (Lipinski definition) is 7. The van der Waals surface area contributed by atoms with Crippen molar-refractivity contribution in [3.05, 3.63) is 46.6 Å². The summed E-state index contributed by atoms with van der Waals surface area (Å²) in [5.74, 6) is -0.934. The molecule has 10 nitrogen and oxygen atoms in total. The molecule has 1 aromatic carbocycles. The fourth-order valence-corrected chi connectivity index (χ4v) is 2.20. The van der Waals surface area contributed by atoms with Crippen LogP contribution < -0.4 is 10.1 Å². The molecule has 2 aromatic rings. The number of benzene rings is 1. The van der Waals surface area contributed by atoms with E-state index in [4.69, 9.17) is 9.47 Å². The summed E-state index contributed by atoms with van der Waals surface area (Å²) < 4.78 is 11.8. The van der Waals surface area contributed by atoms with Crippen LogP contribution in [0.5, 0.6) is 5.75 Å². The SMILES string of the molecule is CC(C)n1nccc1NC(=O)[C@@H](C)OC(=O)COc1ccccc1[N+](=O)[O-]. The molecule has 0 unspecified atom stereocenters. The summed E-state index contributed by atoms with van der Waals surface area (Å²) in [5, 5.41) is 17.6. The highest BCUT2D eigenvalue weighted by Crippen LogP contribution is 2.25. The molecule has 0 aliphatic carbocycles. The Morgan fingerprint density at radius 2 is 1.96 bits per heavy atom. The van der Waals surface area contributed by atoms with E-state index in [-0.39, 0.29) is 17.5 Å². The highest BCUT2D eigenvalue weighted by molar-refractivity contribution is 5.94. The fourth-order valence-electron chi connectivity index (χ4n) is 2.20. The van der Waals surface area contributed by atoms with Crippen molar-refractivity contribution in [2.75, 3.05) is 11.9 Å². The first-order valence-corrected chi connectivity index (χ1v) is 8.19. The maximum absolute atomic E-state index is 12.2. The second kappa shape index (κ2) is 8.79. The Labute approximate surface area is 155 Å². The predicted octanol–water partition coefficient (Wildman–Crippen LogP) is 2.32. The van der Waals surface area contributed by atoms with E-state index in [0.717, 1.165) is 0 Å². The number of ether oxygens (including phenoxy) is 2. The second-order valence-corrected chi connectivity index (χ2v) is 5.89. The smallest absolute Gasteiger partial charge is 0.344 e. The van der Waals surface area contributed by atoms with Gasteiger partial charge in [-0.1, -0.05) is 12.1 Å². The van der Waals surface area contributed by atoms with Crippen molar-refractivity contribution in [3.63, 3.8) is 0 Å². The van der Waals surface area contributed by atoms with Crippen LogP contribution >= 0.6 is 0 Å². The van der Waals surface area contributed by atoms with Crippen molar-refractivity contribution >= 4 is 23.4 Å². The number of hydrogen-bond donors (Lipinski definition) is 1. The molecule has 0 saturated carbocycles. The third-order valence-corrected chi connectivity index (χ3v) is 3.50. The Bertz CT molecular complexity index is 832. The molecule has 1 atom stereocenters. The number of nitrogens with one attached hydrogen (secondary N) is 1. The monoisotopic (exact) mass is 376 g/mol. The second-order valence-electron chi connectivity index (χ2n) is 5.89. The molecule has 2 rings (SSSR count). The molecule has 0 fully saturated rings. The number of carbonyl (C=O) groups is 2. The van der Waals surface area contributed by atoms with Gasteiger partial charge < -0.3 is 14.8 Å². The molecule has 1 N–H and O–H groups in total. The van der Waals surface area contributed by atoms with E-state index in [9.17, 15) is 19.7 Å². The van der Waals surface area contributed by atoms with Crippen LogP contribution in [0.4, 0.5) is 11.5 Å². The van der Waals surface area contributed by atoms with Crippen LogP contribution in [0.15, 0.2) is 36.5 Å². The quantitative estimate of drug-likeness (QED) is 0.426. The maximum atomic E-state index is 12.2. The van der Waals surface area contributed by atoms with E-state index in [1.165, 1.54) is 25.1 Å². The molecule has 144 valence electrons. The van der Waals surface area contributed by atoms with Crippen molar-refractivity contribution in [2.24, 2.45) is 0 Å². The number of aromatic nitrogens is 2. The van der Waals surface area contributed by atoms with Gasteiger partial charge in [-0.05, 0) is 26.8 Å². The number of nitro groups is 1. The van der Waals surface area contributed by atoms with Crippen LogP contribution in [0.2, 0.25) is 0 Å². The lowest BCUT2D eigenvalue weighted by atomic mass is 10.3. The molecule has 1 amide bonds. The van der Waals surface area contributed by atoms with Crippen LogP contribution in [-0.4, -0.2) is 39.3 Å². The van der Waals surface area contributed by atoms with E-state index in [0.29, 0.717) is 5.82 Å². The minimum Gasteiger partial charge on any atom is -0.475 e. The van der Waals surface area contributed by atoms with E-state index in [1.807, 2.05) is 13.8 Å². The van der Waals surface area contributed by atoms with Gasteiger partial charge in [0.15, 0.2) is 18.5 Å². The lowest BCUT2D eigenvalue weighted by molar-refractivity contribution is -0.385. The van der Waals surface area contributed by atoms with Crippen molar-refractivity contribution in [3.8, 4) is 5.75 Å². The molecular formula is C17H20N4O6. The van der Waals surface area contributed by atoms with Crippen LogP contribution in [0.3, 0.4) is 0 Å². The van der Waals surface area contributed by atoms with E-state index >= 15 is 0 Å². The highest BCUT2D eigenvalue weighted by atomic mass is 16.6. The third kappa shape index (κ3) is 5.27. The van der Waals surface area contributed by atoms with Crippen LogP contribution in [0, 0.1) is 10.1 Å². The Morgan fingerprint density at radius 3 is 2.63 bits per heavy atom. The number of amides is 1. The highest BCUT2D eigenvalue weighted by Gasteiger charge is 2.21. The fraction of sp³-hybridized carbons (Fsp3) is 0.353. The van der Waals surface area contributed by atoms with Gasteiger partial charge in [0.2, 0.25) is 0 Å². The van der Waals surface area contributed by atoms with Crippen LogP contribution in [0.1, 0.15) is 26.8 Å². The number of esters is 1. The Hall–Kier alpha value is -3.43. The number of para-hydroxylation sites is 2. The van der Waals surface area contributed by atoms with E-state index in [1.54, 1.807) is 23.0 Å². The van der Waals surface area contributed by atoms with Gasteiger partial charge in [0.1, 0.15) is 5.82 Å². The third-order valence-electron chi connectivity index (χ3n) is 3.50. The summed E-state index contributed by atoms with van der Waals surface area (Å²) in [6.45, 7) is 4.67. The average molecular weight is 376 g/mol. The number of nitrogens with zero attached hydrogens (tertiary/aromatic N) is 3. The van der Waals surface area contributed by atoms with Crippen molar-refractivity contribution in [2.45, 2.75) is 32.9 Å². The first kappa shape index (κ1) is 19.9. The van der Waals surface area contributed by atoms with Gasteiger partial charge in [-0.25, -0.2) is 9.48 Å². The first-order valence-electron chi connectivity index (χ1n) is 8.19. The number of anilines is 1. The molecular weight excluding hydrogens is 356 g/mol. The summed E-state index contributed by atoms with van der Waals surface area (Å²) in [4.78, 5) is 34.3. The zero-order chi connectivity index (χ0) is 20.0. The summed E-state index contributed by atoms with van der Waals surface area (Å²) >= 11 is 0. The lowest BCUT2D eigenvalue weighted by Crippen LogP contribution is -2.32. The number of carbonyl (C=O) groups excluding carboxylic acids is 2. The molecule has 27 heavy (non-hydrogen) atoms. The molecule has 10 heteroatoms. The van der Waals surface area contributed by atoms with Gasteiger partial charge in [0.05, 0.1) is 11.1 Å².